The minimum atomic E-state index is -0.507. The fraction of sp³-hybridized carbons (Fsp3) is 0.500. The standard InChI is InChI=1S/C14H17FO3/c1-17-14-6-5-10(8-12(14)15)13(16)9-11-4-2-3-7-18-11/h5-6,8,11H,2-4,7,9H2,1H3. The molecule has 1 saturated heterocycles. The lowest BCUT2D eigenvalue weighted by molar-refractivity contribution is 0.0129. The molecule has 0 aliphatic carbocycles. The van der Waals surface area contributed by atoms with Crippen LogP contribution in [0.1, 0.15) is 36.0 Å². The van der Waals surface area contributed by atoms with E-state index >= 15 is 0 Å². The van der Waals surface area contributed by atoms with Gasteiger partial charge in [0.05, 0.1) is 13.2 Å². The summed E-state index contributed by atoms with van der Waals surface area (Å²) in [7, 11) is 1.40. The van der Waals surface area contributed by atoms with Crippen LogP contribution in [0.25, 0.3) is 0 Å². The number of benzene rings is 1. The second-order valence-electron chi connectivity index (χ2n) is 4.47. The van der Waals surface area contributed by atoms with Crippen LogP contribution in [0, 0.1) is 5.82 Å². The second-order valence-corrected chi connectivity index (χ2v) is 4.47. The van der Waals surface area contributed by atoms with Crippen LogP contribution in [-0.4, -0.2) is 25.6 Å². The minimum Gasteiger partial charge on any atom is -0.494 e. The highest BCUT2D eigenvalue weighted by Gasteiger charge is 2.19. The largest absolute Gasteiger partial charge is 0.494 e. The zero-order chi connectivity index (χ0) is 13.0. The molecule has 0 radical (unpaired) electrons. The predicted octanol–water partition coefficient (Wildman–Crippen LogP) is 2.98. The molecule has 98 valence electrons. The Morgan fingerprint density at radius 3 is 2.94 bits per heavy atom. The van der Waals surface area contributed by atoms with E-state index in [0.717, 1.165) is 25.9 Å². The molecule has 0 N–H and O–H groups in total. The van der Waals surface area contributed by atoms with Crippen molar-refractivity contribution >= 4 is 5.78 Å². The Balaban J connectivity index is 2.01. The highest BCUT2D eigenvalue weighted by molar-refractivity contribution is 5.96. The van der Waals surface area contributed by atoms with Crippen LogP contribution < -0.4 is 4.74 Å². The van der Waals surface area contributed by atoms with Crippen LogP contribution in [0.4, 0.5) is 4.39 Å². The molecule has 1 unspecified atom stereocenters. The van der Waals surface area contributed by atoms with E-state index in [-0.39, 0.29) is 17.6 Å². The van der Waals surface area contributed by atoms with Gasteiger partial charge in [-0.25, -0.2) is 4.39 Å². The van der Waals surface area contributed by atoms with Crippen molar-refractivity contribution in [3.05, 3.63) is 29.6 Å². The molecule has 0 saturated carbocycles. The first kappa shape index (κ1) is 13.0. The third-order valence-electron chi connectivity index (χ3n) is 3.16. The lowest BCUT2D eigenvalue weighted by atomic mass is 10.00. The van der Waals surface area contributed by atoms with E-state index in [9.17, 15) is 9.18 Å². The molecule has 2 rings (SSSR count). The first-order valence-corrected chi connectivity index (χ1v) is 6.19. The van der Waals surface area contributed by atoms with Crippen molar-refractivity contribution in [2.24, 2.45) is 0 Å². The highest BCUT2D eigenvalue weighted by Crippen LogP contribution is 2.21. The van der Waals surface area contributed by atoms with E-state index in [1.165, 1.54) is 19.2 Å². The van der Waals surface area contributed by atoms with Crippen LogP contribution in [0.2, 0.25) is 0 Å². The molecule has 3 nitrogen and oxygen atoms in total. The Bertz CT molecular complexity index is 425. The van der Waals surface area contributed by atoms with E-state index < -0.39 is 5.82 Å². The zero-order valence-corrected chi connectivity index (χ0v) is 10.4. The summed E-state index contributed by atoms with van der Waals surface area (Å²) in [6.45, 7) is 0.717. The van der Waals surface area contributed by atoms with Gasteiger partial charge in [0.1, 0.15) is 0 Å². The number of hydrogen-bond donors (Lipinski definition) is 0. The third-order valence-corrected chi connectivity index (χ3v) is 3.16. The number of ether oxygens (including phenoxy) is 2. The first-order valence-electron chi connectivity index (χ1n) is 6.19. The summed E-state index contributed by atoms with van der Waals surface area (Å²) >= 11 is 0. The number of carbonyl (C=O) groups is 1. The third kappa shape index (κ3) is 3.07. The van der Waals surface area contributed by atoms with Gasteiger partial charge in [0, 0.05) is 18.6 Å². The molecule has 1 heterocycles. The van der Waals surface area contributed by atoms with Crippen LogP contribution in [0.5, 0.6) is 5.75 Å². The number of hydrogen-bond acceptors (Lipinski definition) is 3. The molecule has 1 aliphatic rings. The average molecular weight is 252 g/mol. The summed E-state index contributed by atoms with van der Waals surface area (Å²) in [5, 5.41) is 0. The van der Waals surface area contributed by atoms with Crippen molar-refractivity contribution in [2.75, 3.05) is 13.7 Å². The number of Topliss-reactive ketones (excluding diaryl/α,β-unsaturated/α-hetero) is 1. The van der Waals surface area contributed by atoms with Crippen LogP contribution in [0.15, 0.2) is 18.2 Å². The summed E-state index contributed by atoms with van der Waals surface area (Å²) in [5.41, 5.74) is 0.377. The van der Waals surface area contributed by atoms with E-state index in [1.54, 1.807) is 6.07 Å². The predicted molar refractivity (Wildman–Crippen MR) is 65.5 cm³/mol. The maximum Gasteiger partial charge on any atom is 0.165 e. The Morgan fingerprint density at radius 1 is 1.50 bits per heavy atom. The molecule has 0 spiro atoms. The SMILES string of the molecule is COc1ccc(C(=O)CC2CCCCO2)cc1F. The Kier molecular flexibility index (Phi) is 4.31. The van der Waals surface area contributed by atoms with Gasteiger partial charge in [-0.2, -0.15) is 0 Å². The number of halogens is 1. The molecule has 0 amide bonds. The second kappa shape index (κ2) is 5.96. The zero-order valence-electron chi connectivity index (χ0n) is 10.4. The van der Waals surface area contributed by atoms with E-state index in [1.807, 2.05) is 0 Å². The van der Waals surface area contributed by atoms with E-state index in [4.69, 9.17) is 9.47 Å². The van der Waals surface area contributed by atoms with Gasteiger partial charge in [0.25, 0.3) is 0 Å². The molecule has 1 aromatic carbocycles. The van der Waals surface area contributed by atoms with Crippen LogP contribution >= 0.6 is 0 Å². The summed E-state index contributed by atoms with van der Waals surface area (Å²) < 4.78 is 23.8. The average Bonchev–Trinajstić information content (AvgIpc) is 2.39. The van der Waals surface area contributed by atoms with Gasteiger partial charge in [0.2, 0.25) is 0 Å². The quantitative estimate of drug-likeness (QED) is 0.773. The molecule has 4 heteroatoms. The number of rotatable bonds is 4. The maximum atomic E-state index is 13.5. The number of methoxy groups -OCH3 is 1. The summed E-state index contributed by atoms with van der Waals surface area (Å²) in [4.78, 5) is 12.0. The minimum absolute atomic E-state index is 0.0172. The molecule has 18 heavy (non-hydrogen) atoms. The molecular formula is C14H17FO3. The molecule has 0 bridgehead atoms. The topological polar surface area (TPSA) is 35.5 Å². The molecule has 1 aromatic rings. The van der Waals surface area contributed by atoms with Crippen molar-refractivity contribution in [1.29, 1.82) is 0 Å². The Morgan fingerprint density at radius 2 is 2.33 bits per heavy atom. The van der Waals surface area contributed by atoms with E-state index in [2.05, 4.69) is 0 Å². The lowest BCUT2D eigenvalue weighted by Gasteiger charge is -2.21. The smallest absolute Gasteiger partial charge is 0.165 e. The fourth-order valence-electron chi connectivity index (χ4n) is 2.13. The van der Waals surface area contributed by atoms with Gasteiger partial charge in [-0.1, -0.05) is 0 Å². The monoisotopic (exact) mass is 252 g/mol. The number of ketones is 1. The molecule has 1 fully saturated rings. The van der Waals surface area contributed by atoms with Crippen molar-refractivity contribution in [1.82, 2.24) is 0 Å². The normalized spacial score (nSPS) is 19.6. The summed E-state index contributed by atoms with van der Waals surface area (Å²) in [6.07, 6.45) is 3.36. The fourth-order valence-corrected chi connectivity index (χ4v) is 2.13. The molecule has 1 atom stereocenters. The highest BCUT2D eigenvalue weighted by atomic mass is 19.1. The van der Waals surface area contributed by atoms with Gasteiger partial charge in [-0.05, 0) is 37.5 Å². The van der Waals surface area contributed by atoms with Crippen LogP contribution in [-0.2, 0) is 4.74 Å². The lowest BCUT2D eigenvalue weighted by Crippen LogP contribution is -2.22. The maximum absolute atomic E-state index is 13.5. The first-order chi connectivity index (χ1) is 8.70. The van der Waals surface area contributed by atoms with Gasteiger partial charge in [0.15, 0.2) is 17.3 Å². The Hall–Kier alpha value is -1.42. The van der Waals surface area contributed by atoms with Gasteiger partial charge in [-0.15, -0.1) is 0 Å². The van der Waals surface area contributed by atoms with Crippen molar-refractivity contribution in [3.63, 3.8) is 0 Å². The van der Waals surface area contributed by atoms with Crippen molar-refractivity contribution < 1.29 is 18.7 Å². The van der Waals surface area contributed by atoms with Crippen molar-refractivity contribution in [2.45, 2.75) is 31.8 Å². The van der Waals surface area contributed by atoms with Gasteiger partial charge in [-0.3, -0.25) is 4.79 Å². The van der Waals surface area contributed by atoms with Gasteiger partial charge >= 0.3 is 0 Å². The summed E-state index contributed by atoms with van der Waals surface area (Å²) in [6, 6.07) is 4.29. The number of carbonyl (C=O) groups excluding carboxylic acids is 1. The van der Waals surface area contributed by atoms with E-state index in [0.29, 0.717) is 12.0 Å². The molecule has 0 aromatic heterocycles. The molecular weight excluding hydrogens is 235 g/mol. The van der Waals surface area contributed by atoms with Crippen LogP contribution in [0.3, 0.4) is 0 Å². The van der Waals surface area contributed by atoms with Crippen molar-refractivity contribution in [3.8, 4) is 5.75 Å². The Labute approximate surface area is 106 Å². The molecule has 1 aliphatic heterocycles. The van der Waals surface area contributed by atoms with Gasteiger partial charge < -0.3 is 9.47 Å². The summed E-state index contributed by atoms with van der Waals surface area (Å²) in [5.74, 6) is -0.433.